The summed E-state index contributed by atoms with van der Waals surface area (Å²) in [7, 11) is 1.24. The first kappa shape index (κ1) is 15.4. The van der Waals surface area contributed by atoms with Crippen LogP contribution in [0.5, 0.6) is 0 Å². The molecule has 0 aliphatic heterocycles. The maximum Gasteiger partial charge on any atom is 0.413 e. The number of methoxy groups -OCH3 is 1. The van der Waals surface area contributed by atoms with E-state index in [1.165, 1.54) is 7.11 Å². The van der Waals surface area contributed by atoms with Crippen LogP contribution in [0.2, 0.25) is 0 Å². The third-order valence-electron chi connectivity index (χ3n) is 1.97. The Kier molecular flexibility index (Phi) is 6.23. The quantitative estimate of drug-likeness (QED) is 0.577. The zero-order valence-electron chi connectivity index (χ0n) is 10.0. The van der Waals surface area contributed by atoms with E-state index in [4.69, 9.17) is 12.2 Å². The molecule has 102 valence electrons. The average Bonchev–Trinajstić information content (AvgIpc) is 2.40. The van der Waals surface area contributed by atoms with Crippen molar-refractivity contribution in [2.45, 2.75) is 0 Å². The summed E-state index contributed by atoms with van der Waals surface area (Å²) in [4.78, 5) is 22.3. The van der Waals surface area contributed by atoms with Crippen molar-refractivity contribution in [3.8, 4) is 0 Å². The van der Waals surface area contributed by atoms with Crippen molar-refractivity contribution in [1.29, 1.82) is 0 Å². The molecule has 0 atom stereocenters. The second kappa shape index (κ2) is 7.70. The van der Waals surface area contributed by atoms with Gasteiger partial charge in [0.05, 0.1) is 23.8 Å². The van der Waals surface area contributed by atoms with Crippen molar-refractivity contribution in [2.75, 3.05) is 23.1 Å². The van der Waals surface area contributed by atoms with Gasteiger partial charge >= 0.3 is 6.09 Å². The predicted octanol–water partition coefficient (Wildman–Crippen LogP) is 2.07. The highest BCUT2D eigenvalue weighted by Gasteiger charge is 2.08. The smallest absolute Gasteiger partial charge is 0.413 e. The van der Waals surface area contributed by atoms with Gasteiger partial charge in [-0.15, -0.1) is 0 Å². The normalized spacial score (nSPS) is 9.37. The molecule has 0 spiro atoms. The summed E-state index contributed by atoms with van der Waals surface area (Å²) in [6.45, 7) is 0. The molecule has 0 saturated carbocycles. The lowest BCUT2D eigenvalue weighted by molar-refractivity contribution is -0.113. The van der Waals surface area contributed by atoms with E-state index in [1.807, 2.05) is 0 Å². The minimum Gasteiger partial charge on any atom is -0.453 e. The fourth-order valence-corrected chi connectivity index (χ4v) is 1.52. The van der Waals surface area contributed by atoms with Crippen molar-refractivity contribution in [3.63, 3.8) is 0 Å². The predicted molar refractivity (Wildman–Crippen MR) is 80.6 cm³/mol. The second-order valence-electron chi connectivity index (χ2n) is 3.30. The van der Waals surface area contributed by atoms with Gasteiger partial charge in [-0.25, -0.2) is 4.79 Å². The fourth-order valence-electron chi connectivity index (χ4n) is 1.18. The van der Waals surface area contributed by atoms with Gasteiger partial charge in [0, 0.05) is 0 Å². The van der Waals surface area contributed by atoms with Crippen molar-refractivity contribution >= 4 is 56.6 Å². The summed E-state index contributed by atoms with van der Waals surface area (Å²) in [5, 5.41) is 8.05. The Morgan fingerprint density at radius 1 is 1.26 bits per heavy atom. The van der Waals surface area contributed by atoms with Crippen LogP contribution in [0, 0.1) is 0 Å². The fraction of sp³-hybridized carbons (Fsp3) is 0.182. The Hall–Kier alpha value is -1.67. The SMILES string of the molecule is COC(=O)NC(=S)Nc1ccccc1NC(=O)CBr. The lowest BCUT2D eigenvalue weighted by Gasteiger charge is -2.13. The molecule has 3 N–H and O–H groups in total. The molecule has 0 bridgehead atoms. The van der Waals surface area contributed by atoms with Crippen molar-refractivity contribution in [1.82, 2.24) is 5.32 Å². The lowest BCUT2D eigenvalue weighted by atomic mass is 10.2. The molecular formula is C11H12BrN3O3S. The van der Waals surface area contributed by atoms with Crippen LogP contribution < -0.4 is 16.0 Å². The number of halogens is 1. The molecule has 1 aromatic rings. The van der Waals surface area contributed by atoms with Crippen LogP contribution in [-0.2, 0) is 9.53 Å². The number of anilines is 2. The Morgan fingerprint density at radius 2 is 1.84 bits per heavy atom. The molecule has 8 heteroatoms. The third kappa shape index (κ3) is 5.23. The van der Waals surface area contributed by atoms with E-state index in [-0.39, 0.29) is 16.3 Å². The number of nitrogens with one attached hydrogen (secondary N) is 3. The number of benzene rings is 1. The van der Waals surface area contributed by atoms with Gasteiger partial charge in [-0.1, -0.05) is 28.1 Å². The number of hydrogen-bond donors (Lipinski definition) is 3. The van der Waals surface area contributed by atoms with Gasteiger partial charge in [0.1, 0.15) is 0 Å². The van der Waals surface area contributed by atoms with Crippen LogP contribution in [0.4, 0.5) is 16.2 Å². The molecule has 0 aliphatic rings. The highest BCUT2D eigenvalue weighted by atomic mass is 79.9. The van der Waals surface area contributed by atoms with Gasteiger partial charge in [0.25, 0.3) is 0 Å². The standard InChI is InChI=1S/C11H12BrN3O3S/c1-18-11(17)15-10(19)14-8-5-3-2-4-7(8)13-9(16)6-12/h2-5H,6H2,1H3,(H,13,16)(H2,14,15,17,19). The molecule has 0 aromatic heterocycles. The summed E-state index contributed by atoms with van der Waals surface area (Å²) >= 11 is 7.99. The summed E-state index contributed by atoms with van der Waals surface area (Å²) < 4.78 is 4.42. The molecular weight excluding hydrogens is 334 g/mol. The van der Waals surface area contributed by atoms with Crippen LogP contribution in [0.3, 0.4) is 0 Å². The topological polar surface area (TPSA) is 79.5 Å². The van der Waals surface area contributed by atoms with Gasteiger partial charge in [-0.2, -0.15) is 0 Å². The maximum absolute atomic E-state index is 11.3. The molecule has 0 radical (unpaired) electrons. The van der Waals surface area contributed by atoms with Gasteiger partial charge in [-0.3, -0.25) is 10.1 Å². The average molecular weight is 346 g/mol. The highest BCUT2D eigenvalue weighted by molar-refractivity contribution is 9.09. The molecule has 0 unspecified atom stereocenters. The van der Waals surface area contributed by atoms with Crippen LogP contribution in [0.15, 0.2) is 24.3 Å². The largest absolute Gasteiger partial charge is 0.453 e. The van der Waals surface area contributed by atoms with Gasteiger partial charge < -0.3 is 15.4 Å². The Balaban J connectivity index is 2.75. The molecule has 0 heterocycles. The van der Waals surface area contributed by atoms with E-state index in [1.54, 1.807) is 24.3 Å². The van der Waals surface area contributed by atoms with Crippen molar-refractivity contribution < 1.29 is 14.3 Å². The third-order valence-corrected chi connectivity index (χ3v) is 2.69. The zero-order valence-corrected chi connectivity index (χ0v) is 12.4. The number of thiocarbonyl (C=S) groups is 1. The number of amides is 2. The van der Waals surface area contributed by atoms with Crippen LogP contribution in [0.25, 0.3) is 0 Å². The molecule has 1 aromatic carbocycles. The lowest BCUT2D eigenvalue weighted by Crippen LogP contribution is -2.34. The summed E-state index contributed by atoms with van der Waals surface area (Å²) in [5.74, 6) is -0.193. The van der Waals surface area contributed by atoms with E-state index in [9.17, 15) is 9.59 Å². The van der Waals surface area contributed by atoms with Crippen LogP contribution in [0.1, 0.15) is 0 Å². The van der Waals surface area contributed by atoms with E-state index < -0.39 is 6.09 Å². The minimum atomic E-state index is -0.667. The number of ether oxygens (including phenoxy) is 1. The first-order valence-electron chi connectivity index (χ1n) is 5.17. The van der Waals surface area contributed by atoms with E-state index in [0.717, 1.165) is 0 Å². The molecule has 0 saturated heterocycles. The van der Waals surface area contributed by atoms with Gasteiger partial charge in [0.2, 0.25) is 5.91 Å². The van der Waals surface area contributed by atoms with Gasteiger partial charge in [0.15, 0.2) is 5.11 Å². The maximum atomic E-state index is 11.3. The molecule has 6 nitrogen and oxygen atoms in total. The number of hydrogen-bond acceptors (Lipinski definition) is 4. The highest BCUT2D eigenvalue weighted by Crippen LogP contribution is 2.20. The van der Waals surface area contributed by atoms with Crippen molar-refractivity contribution in [2.24, 2.45) is 0 Å². The second-order valence-corrected chi connectivity index (χ2v) is 4.27. The number of carbonyl (C=O) groups excluding carboxylic acids is 2. The molecule has 19 heavy (non-hydrogen) atoms. The summed E-state index contributed by atoms with van der Waals surface area (Å²) in [5.41, 5.74) is 1.12. The Labute approximate surface area is 124 Å². The number of para-hydroxylation sites is 2. The first-order chi connectivity index (χ1) is 9.06. The monoisotopic (exact) mass is 345 g/mol. The molecule has 0 fully saturated rings. The summed E-state index contributed by atoms with van der Waals surface area (Å²) in [6.07, 6.45) is -0.667. The number of alkyl carbamates (subject to hydrolysis) is 1. The van der Waals surface area contributed by atoms with Gasteiger partial charge in [-0.05, 0) is 24.4 Å². The molecule has 1 rings (SSSR count). The van der Waals surface area contributed by atoms with Crippen molar-refractivity contribution in [3.05, 3.63) is 24.3 Å². The Morgan fingerprint density at radius 3 is 2.37 bits per heavy atom. The van der Waals surface area contributed by atoms with E-state index in [0.29, 0.717) is 11.4 Å². The molecule has 2 amide bonds. The number of carbonyl (C=O) groups is 2. The van der Waals surface area contributed by atoms with E-state index >= 15 is 0 Å². The minimum absolute atomic E-state index is 0.0763. The molecule has 0 aliphatic carbocycles. The summed E-state index contributed by atoms with van der Waals surface area (Å²) in [6, 6.07) is 6.97. The first-order valence-corrected chi connectivity index (χ1v) is 6.70. The Bertz CT molecular complexity index is 496. The zero-order chi connectivity index (χ0) is 14.3. The number of rotatable bonds is 3. The van der Waals surface area contributed by atoms with Crippen LogP contribution in [-0.4, -0.2) is 29.6 Å². The number of alkyl halides is 1. The van der Waals surface area contributed by atoms with E-state index in [2.05, 4.69) is 36.6 Å². The van der Waals surface area contributed by atoms with Crippen LogP contribution >= 0.6 is 28.1 Å².